The second-order valence-electron chi connectivity index (χ2n) is 5.75. The summed E-state index contributed by atoms with van der Waals surface area (Å²) >= 11 is 1.07. The zero-order valence-corrected chi connectivity index (χ0v) is 17.3. The summed E-state index contributed by atoms with van der Waals surface area (Å²) in [6, 6.07) is 4.69. The zero-order chi connectivity index (χ0) is 21.1. The minimum absolute atomic E-state index is 0.175. The molecule has 10 nitrogen and oxygen atoms in total. The molecule has 0 spiro atoms. The highest BCUT2D eigenvalue weighted by molar-refractivity contribution is 7.88. The maximum Gasteiger partial charge on any atom is 0.337 e. The molecule has 2 rings (SSSR count). The fourth-order valence-corrected chi connectivity index (χ4v) is 3.63. The molecule has 0 saturated heterocycles. The zero-order valence-electron chi connectivity index (χ0n) is 15.7. The van der Waals surface area contributed by atoms with E-state index in [1.165, 1.54) is 31.9 Å². The van der Waals surface area contributed by atoms with E-state index in [0.29, 0.717) is 15.8 Å². The molecule has 0 aliphatic rings. The van der Waals surface area contributed by atoms with E-state index in [1.807, 2.05) is 0 Å². The van der Waals surface area contributed by atoms with E-state index in [4.69, 9.17) is 0 Å². The summed E-state index contributed by atoms with van der Waals surface area (Å²) in [5.74, 6) is -1.79. The number of carbonyl (C=O) groups excluding carboxylic acids is 3. The van der Waals surface area contributed by atoms with Gasteiger partial charge in [0.15, 0.2) is 4.80 Å². The quantitative estimate of drug-likeness (QED) is 0.591. The normalized spacial score (nSPS) is 12.4. The molecule has 2 aromatic rings. The number of benzene rings is 1. The first-order valence-electron chi connectivity index (χ1n) is 7.84. The lowest BCUT2D eigenvalue weighted by molar-refractivity contribution is -0.141. The van der Waals surface area contributed by atoms with Gasteiger partial charge in [-0.15, -0.1) is 0 Å². The fraction of sp³-hybridized carbons (Fsp3) is 0.375. The van der Waals surface area contributed by atoms with Gasteiger partial charge in [0.1, 0.15) is 6.54 Å². The maximum absolute atomic E-state index is 12.2. The first-order chi connectivity index (χ1) is 13.1. The standard InChI is InChI=1S/C16H19N3O7S2/c1-18(28(4,23)24)8-13(20)17-16-19(9-14(21)25-2)11-6-5-10(15(22)26-3)7-12(11)27-16/h5-7H,8-9H2,1-4H3. The minimum Gasteiger partial charge on any atom is -0.468 e. The number of nitrogens with zero attached hydrogens (tertiary/aromatic N) is 3. The highest BCUT2D eigenvalue weighted by atomic mass is 32.2. The number of thiazole rings is 1. The van der Waals surface area contributed by atoms with Gasteiger partial charge in [-0.1, -0.05) is 11.3 Å². The molecule has 1 heterocycles. The Bertz CT molecular complexity index is 1100. The molecule has 1 amide bonds. The van der Waals surface area contributed by atoms with Crippen molar-refractivity contribution in [1.82, 2.24) is 8.87 Å². The second-order valence-corrected chi connectivity index (χ2v) is 8.84. The van der Waals surface area contributed by atoms with Gasteiger partial charge in [-0.3, -0.25) is 9.59 Å². The van der Waals surface area contributed by atoms with Crippen LogP contribution in [0.2, 0.25) is 0 Å². The Labute approximate surface area is 165 Å². The van der Waals surface area contributed by atoms with E-state index in [1.54, 1.807) is 12.1 Å². The molecule has 0 N–H and O–H groups in total. The third-order valence-electron chi connectivity index (χ3n) is 3.76. The van der Waals surface area contributed by atoms with E-state index in [-0.39, 0.29) is 11.3 Å². The molecule has 28 heavy (non-hydrogen) atoms. The summed E-state index contributed by atoms with van der Waals surface area (Å²) in [4.78, 5) is 39.8. The van der Waals surface area contributed by atoms with Gasteiger partial charge >= 0.3 is 11.9 Å². The Balaban J connectivity index is 2.55. The smallest absolute Gasteiger partial charge is 0.337 e. The first-order valence-corrected chi connectivity index (χ1v) is 10.5. The number of carbonyl (C=O) groups is 3. The van der Waals surface area contributed by atoms with Crippen LogP contribution in [0, 0.1) is 0 Å². The number of hydrogen-bond acceptors (Lipinski definition) is 8. The number of aromatic nitrogens is 1. The molecule has 0 saturated carbocycles. The summed E-state index contributed by atoms with van der Waals surface area (Å²) in [7, 11) is 0.212. The van der Waals surface area contributed by atoms with Crippen LogP contribution in [0.15, 0.2) is 23.2 Å². The van der Waals surface area contributed by atoms with E-state index in [2.05, 4.69) is 14.5 Å². The number of esters is 2. The lowest BCUT2D eigenvalue weighted by atomic mass is 10.2. The van der Waals surface area contributed by atoms with Crippen LogP contribution >= 0.6 is 11.3 Å². The van der Waals surface area contributed by atoms with Gasteiger partial charge in [0.05, 0.1) is 42.8 Å². The van der Waals surface area contributed by atoms with Crippen molar-refractivity contribution in [2.75, 3.05) is 34.1 Å². The Kier molecular flexibility index (Phi) is 6.69. The van der Waals surface area contributed by atoms with Gasteiger partial charge in [0.2, 0.25) is 10.0 Å². The van der Waals surface area contributed by atoms with Crippen molar-refractivity contribution in [3.05, 3.63) is 28.6 Å². The third kappa shape index (κ3) is 5.03. The van der Waals surface area contributed by atoms with Crippen LogP contribution in [-0.4, -0.2) is 69.2 Å². The fourth-order valence-electron chi connectivity index (χ4n) is 2.20. The molecule has 12 heteroatoms. The number of amides is 1. The summed E-state index contributed by atoms with van der Waals surface area (Å²) in [6.45, 7) is -0.652. The number of methoxy groups -OCH3 is 2. The van der Waals surface area contributed by atoms with Gasteiger partial charge in [0.25, 0.3) is 5.91 Å². The molecule has 0 aliphatic carbocycles. The monoisotopic (exact) mass is 429 g/mol. The lowest BCUT2D eigenvalue weighted by Gasteiger charge is -2.10. The van der Waals surface area contributed by atoms with Crippen LogP contribution < -0.4 is 4.80 Å². The summed E-state index contributed by atoms with van der Waals surface area (Å²) < 4.78 is 35.2. The van der Waals surface area contributed by atoms with Crippen molar-refractivity contribution < 1.29 is 32.3 Å². The number of sulfonamides is 1. The van der Waals surface area contributed by atoms with Crippen molar-refractivity contribution in [2.24, 2.45) is 4.99 Å². The molecule has 0 bridgehead atoms. The molecule has 1 aromatic carbocycles. The van der Waals surface area contributed by atoms with Gasteiger partial charge in [-0.2, -0.15) is 9.30 Å². The average Bonchev–Trinajstić information content (AvgIpc) is 2.96. The van der Waals surface area contributed by atoms with E-state index in [9.17, 15) is 22.8 Å². The molecule has 0 radical (unpaired) electrons. The minimum atomic E-state index is -3.54. The van der Waals surface area contributed by atoms with Crippen LogP contribution in [-0.2, 0) is 35.6 Å². The number of likely N-dealkylation sites (N-methyl/N-ethyl adjacent to an activating group) is 1. The number of hydrogen-bond donors (Lipinski definition) is 0. The molecular weight excluding hydrogens is 410 g/mol. The second kappa shape index (κ2) is 8.63. The molecule has 0 atom stereocenters. The predicted octanol–water partition coefficient (Wildman–Crippen LogP) is -0.0189. The Morgan fingerprint density at radius 3 is 2.46 bits per heavy atom. The van der Waals surface area contributed by atoms with Crippen molar-refractivity contribution in [2.45, 2.75) is 6.54 Å². The first kappa shape index (κ1) is 21.7. The van der Waals surface area contributed by atoms with Gasteiger partial charge < -0.3 is 14.0 Å². The molecular formula is C16H19N3O7S2. The topological polar surface area (TPSA) is 124 Å². The number of ether oxygens (including phenoxy) is 2. The van der Waals surface area contributed by atoms with Crippen LogP contribution in [0.4, 0.5) is 0 Å². The maximum atomic E-state index is 12.2. The number of fused-ring (bicyclic) bond motifs is 1. The van der Waals surface area contributed by atoms with Crippen LogP contribution in [0.5, 0.6) is 0 Å². The van der Waals surface area contributed by atoms with Crippen LogP contribution in [0.3, 0.4) is 0 Å². The SMILES string of the molecule is COC(=O)Cn1c(=NC(=O)CN(C)S(C)(=O)=O)sc2cc(C(=O)OC)ccc21. The van der Waals surface area contributed by atoms with Crippen molar-refractivity contribution in [3.63, 3.8) is 0 Å². The molecule has 152 valence electrons. The number of rotatable bonds is 6. The van der Waals surface area contributed by atoms with E-state index >= 15 is 0 Å². The van der Waals surface area contributed by atoms with Crippen molar-refractivity contribution in [1.29, 1.82) is 0 Å². The van der Waals surface area contributed by atoms with Crippen LogP contribution in [0.1, 0.15) is 10.4 Å². The van der Waals surface area contributed by atoms with Crippen LogP contribution in [0.25, 0.3) is 10.2 Å². The Hall–Kier alpha value is -2.57. The summed E-state index contributed by atoms with van der Waals surface area (Å²) in [5, 5.41) is 0. The third-order valence-corrected chi connectivity index (χ3v) is 6.07. The largest absolute Gasteiger partial charge is 0.468 e. The highest BCUT2D eigenvalue weighted by Crippen LogP contribution is 2.20. The average molecular weight is 429 g/mol. The molecule has 1 aromatic heterocycles. The van der Waals surface area contributed by atoms with Crippen molar-refractivity contribution >= 4 is 49.4 Å². The van der Waals surface area contributed by atoms with Gasteiger partial charge in [-0.25, -0.2) is 13.2 Å². The van der Waals surface area contributed by atoms with Crippen molar-refractivity contribution in [3.8, 4) is 0 Å². The van der Waals surface area contributed by atoms with E-state index in [0.717, 1.165) is 21.9 Å². The Morgan fingerprint density at radius 1 is 1.21 bits per heavy atom. The lowest BCUT2D eigenvalue weighted by Crippen LogP contribution is -2.31. The molecule has 0 unspecified atom stereocenters. The van der Waals surface area contributed by atoms with Gasteiger partial charge in [0, 0.05) is 7.05 Å². The predicted molar refractivity (Wildman–Crippen MR) is 101 cm³/mol. The summed E-state index contributed by atoms with van der Waals surface area (Å²) in [6.07, 6.45) is 0.978. The summed E-state index contributed by atoms with van der Waals surface area (Å²) in [5.41, 5.74) is 0.863. The molecule has 0 aliphatic heterocycles. The van der Waals surface area contributed by atoms with Gasteiger partial charge in [-0.05, 0) is 18.2 Å². The Morgan fingerprint density at radius 2 is 1.89 bits per heavy atom. The molecule has 0 fully saturated rings. The highest BCUT2D eigenvalue weighted by Gasteiger charge is 2.17. The van der Waals surface area contributed by atoms with E-state index < -0.39 is 34.4 Å².